The fourth-order valence-corrected chi connectivity index (χ4v) is 3.44. The zero-order valence-electron chi connectivity index (χ0n) is 13.2. The van der Waals surface area contributed by atoms with E-state index < -0.39 is 0 Å². The van der Waals surface area contributed by atoms with Crippen molar-refractivity contribution in [2.24, 2.45) is 0 Å². The molecular weight excluding hydrogens is 306 g/mol. The Hall–Kier alpha value is -1.93. The monoisotopic (exact) mass is 327 g/mol. The fraction of sp³-hybridized carbons (Fsp3) is 0.300. The lowest BCUT2D eigenvalue weighted by atomic mass is 9.84. The third-order valence-electron chi connectivity index (χ3n) is 4.57. The zero-order chi connectivity index (χ0) is 16.2. The second kappa shape index (κ2) is 7.10. The first-order valence-electron chi connectivity index (χ1n) is 8.18. The van der Waals surface area contributed by atoms with Crippen molar-refractivity contribution in [2.45, 2.75) is 38.0 Å². The molecule has 2 aromatic rings. The van der Waals surface area contributed by atoms with E-state index in [2.05, 4.69) is 36.2 Å². The van der Waals surface area contributed by atoms with Crippen molar-refractivity contribution >= 4 is 23.0 Å². The Morgan fingerprint density at radius 1 is 1.04 bits per heavy atom. The highest BCUT2D eigenvalue weighted by Crippen LogP contribution is 2.33. The van der Waals surface area contributed by atoms with Gasteiger partial charge in [0.15, 0.2) is 0 Å². The van der Waals surface area contributed by atoms with Crippen LogP contribution in [0, 0.1) is 0 Å². The molecule has 0 aromatic heterocycles. The van der Waals surface area contributed by atoms with Gasteiger partial charge in [-0.05, 0) is 54.7 Å². The summed E-state index contributed by atoms with van der Waals surface area (Å²) < 4.78 is 0. The smallest absolute Gasteiger partial charge is 0.124 e. The SMILES string of the molecule is C=C(Nc1ccc(C2CCCCC2)cc1)c1cc(Cl)ccc1O. The van der Waals surface area contributed by atoms with Crippen molar-refractivity contribution in [3.63, 3.8) is 0 Å². The third kappa shape index (κ3) is 3.89. The molecule has 3 rings (SSSR count). The Morgan fingerprint density at radius 3 is 2.43 bits per heavy atom. The molecule has 2 N–H and O–H groups in total. The standard InChI is InChI=1S/C20H22ClNO/c1-14(19-13-17(21)9-12-20(19)23)22-18-10-7-16(8-11-18)15-5-3-2-4-6-15/h7-13,15,22-23H,1-6H2. The first kappa shape index (κ1) is 15.9. The van der Waals surface area contributed by atoms with Gasteiger partial charge in [-0.15, -0.1) is 0 Å². The minimum atomic E-state index is 0.172. The molecule has 23 heavy (non-hydrogen) atoms. The van der Waals surface area contributed by atoms with Gasteiger partial charge >= 0.3 is 0 Å². The normalized spacial score (nSPS) is 15.3. The summed E-state index contributed by atoms with van der Waals surface area (Å²) in [6.45, 7) is 4.00. The number of phenolic OH excluding ortho intramolecular Hbond substituents is 1. The highest BCUT2D eigenvalue weighted by molar-refractivity contribution is 6.30. The van der Waals surface area contributed by atoms with Gasteiger partial charge in [-0.1, -0.05) is 49.6 Å². The summed E-state index contributed by atoms with van der Waals surface area (Å²) in [5, 5.41) is 13.8. The molecule has 0 atom stereocenters. The lowest BCUT2D eigenvalue weighted by molar-refractivity contribution is 0.443. The Labute approximate surface area is 142 Å². The summed E-state index contributed by atoms with van der Waals surface area (Å²) in [5.41, 5.74) is 3.64. The van der Waals surface area contributed by atoms with Gasteiger partial charge in [-0.25, -0.2) is 0 Å². The van der Waals surface area contributed by atoms with Crippen LogP contribution in [0.2, 0.25) is 5.02 Å². The lowest BCUT2D eigenvalue weighted by Gasteiger charge is -2.22. The predicted octanol–water partition coefficient (Wildman–Crippen LogP) is 6.18. The number of hydrogen-bond donors (Lipinski definition) is 2. The maximum atomic E-state index is 9.94. The van der Waals surface area contributed by atoms with E-state index in [1.165, 1.54) is 37.7 Å². The molecule has 0 amide bonds. The predicted molar refractivity (Wildman–Crippen MR) is 98.0 cm³/mol. The Kier molecular flexibility index (Phi) is 4.92. The van der Waals surface area contributed by atoms with Crippen LogP contribution in [0.3, 0.4) is 0 Å². The molecule has 120 valence electrons. The summed E-state index contributed by atoms with van der Waals surface area (Å²) in [5.74, 6) is 0.878. The Balaban J connectivity index is 1.70. The van der Waals surface area contributed by atoms with Crippen molar-refractivity contribution < 1.29 is 5.11 Å². The number of rotatable bonds is 4. The van der Waals surface area contributed by atoms with E-state index in [1.807, 2.05) is 0 Å². The second-order valence-electron chi connectivity index (χ2n) is 6.22. The summed E-state index contributed by atoms with van der Waals surface area (Å²) in [6, 6.07) is 13.5. The van der Waals surface area contributed by atoms with Crippen LogP contribution in [0.4, 0.5) is 5.69 Å². The maximum absolute atomic E-state index is 9.94. The number of aromatic hydroxyl groups is 1. The molecule has 2 nitrogen and oxygen atoms in total. The molecule has 1 fully saturated rings. The van der Waals surface area contributed by atoms with E-state index >= 15 is 0 Å². The highest BCUT2D eigenvalue weighted by atomic mass is 35.5. The lowest BCUT2D eigenvalue weighted by Crippen LogP contribution is -2.04. The number of benzene rings is 2. The van der Waals surface area contributed by atoms with E-state index in [0.29, 0.717) is 22.2 Å². The average molecular weight is 328 g/mol. The molecule has 0 radical (unpaired) electrons. The Morgan fingerprint density at radius 2 is 1.74 bits per heavy atom. The molecule has 1 aliphatic rings. The van der Waals surface area contributed by atoms with Crippen LogP contribution in [0.1, 0.15) is 49.1 Å². The minimum Gasteiger partial charge on any atom is -0.507 e. The first-order valence-corrected chi connectivity index (χ1v) is 8.56. The number of hydrogen-bond acceptors (Lipinski definition) is 2. The first-order chi connectivity index (χ1) is 11.1. The van der Waals surface area contributed by atoms with Crippen LogP contribution in [-0.4, -0.2) is 5.11 Å². The van der Waals surface area contributed by atoms with Crippen LogP contribution in [0.5, 0.6) is 5.75 Å². The number of phenols is 1. The maximum Gasteiger partial charge on any atom is 0.124 e. The van der Waals surface area contributed by atoms with Crippen LogP contribution in [0.15, 0.2) is 49.0 Å². The quantitative estimate of drug-likeness (QED) is 0.703. The Bertz CT molecular complexity index is 687. The third-order valence-corrected chi connectivity index (χ3v) is 4.80. The topological polar surface area (TPSA) is 32.3 Å². The van der Waals surface area contributed by atoms with E-state index in [4.69, 9.17) is 11.6 Å². The summed E-state index contributed by atoms with van der Waals surface area (Å²) in [4.78, 5) is 0. The van der Waals surface area contributed by atoms with E-state index in [1.54, 1.807) is 18.2 Å². The molecule has 0 aliphatic heterocycles. The molecule has 0 saturated heterocycles. The molecular formula is C20H22ClNO. The van der Waals surface area contributed by atoms with Gasteiger partial charge in [0.2, 0.25) is 0 Å². The highest BCUT2D eigenvalue weighted by Gasteiger charge is 2.15. The summed E-state index contributed by atoms with van der Waals surface area (Å²) >= 11 is 5.99. The van der Waals surface area contributed by atoms with Crippen molar-refractivity contribution in [3.8, 4) is 5.75 Å². The number of nitrogens with one attached hydrogen (secondary N) is 1. The van der Waals surface area contributed by atoms with Gasteiger partial charge in [-0.2, -0.15) is 0 Å². The zero-order valence-corrected chi connectivity index (χ0v) is 13.9. The van der Waals surface area contributed by atoms with Crippen molar-refractivity contribution in [2.75, 3.05) is 5.32 Å². The molecule has 0 spiro atoms. The van der Waals surface area contributed by atoms with E-state index in [0.717, 1.165) is 5.69 Å². The number of anilines is 1. The molecule has 1 saturated carbocycles. The number of halogens is 1. The van der Waals surface area contributed by atoms with E-state index in [9.17, 15) is 5.11 Å². The molecule has 2 aromatic carbocycles. The van der Waals surface area contributed by atoms with Crippen LogP contribution in [-0.2, 0) is 0 Å². The van der Waals surface area contributed by atoms with Crippen LogP contribution >= 0.6 is 11.6 Å². The van der Waals surface area contributed by atoms with Crippen LogP contribution < -0.4 is 5.32 Å². The van der Waals surface area contributed by atoms with E-state index in [-0.39, 0.29) is 5.75 Å². The molecule has 3 heteroatoms. The largest absolute Gasteiger partial charge is 0.507 e. The average Bonchev–Trinajstić information content (AvgIpc) is 2.58. The van der Waals surface area contributed by atoms with Gasteiger partial charge in [0.1, 0.15) is 5.75 Å². The molecule has 0 heterocycles. The summed E-state index contributed by atoms with van der Waals surface area (Å²) in [7, 11) is 0. The van der Waals surface area contributed by atoms with Crippen molar-refractivity contribution in [1.29, 1.82) is 0 Å². The molecule has 1 aliphatic carbocycles. The van der Waals surface area contributed by atoms with Crippen molar-refractivity contribution in [1.82, 2.24) is 0 Å². The van der Waals surface area contributed by atoms with Gasteiger partial charge in [0.05, 0.1) is 0 Å². The van der Waals surface area contributed by atoms with Gasteiger partial charge < -0.3 is 10.4 Å². The fourth-order valence-electron chi connectivity index (χ4n) is 3.27. The molecule has 0 bridgehead atoms. The van der Waals surface area contributed by atoms with Gasteiger partial charge in [0, 0.05) is 22.0 Å². The van der Waals surface area contributed by atoms with Gasteiger partial charge in [0.25, 0.3) is 0 Å². The summed E-state index contributed by atoms with van der Waals surface area (Å²) in [6.07, 6.45) is 6.66. The van der Waals surface area contributed by atoms with Gasteiger partial charge in [-0.3, -0.25) is 0 Å². The van der Waals surface area contributed by atoms with Crippen molar-refractivity contribution in [3.05, 3.63) is 65.2 Å². The van der Waals surface area contributed by atoms with Crippen LogP contribution in [0.25, 0.3) is 5.70 Å². The molecule has 0 unspecified atom stereocenters. The minimum absolute atomic E-state index is 0.172. The second-order valence-corrected chi connectivity index (χ2v) is 6.66.